The van der Waals surface area contributed by atoms with Crippen molar-refractivity contribution in [3.63, 3.8) is 0 Å². The Labute approximate surface area is 183 Å². The van der Waals surface area contributed by atoms with Crippen LogP contribution in [0.4, 0.5) is 5.13 Å². The van der Waals surface area contributed by atoms with E-state index in [2.05, 4.69) is 15.5 Å². The Morgan fingerprint density at radius 1 is 1.23 bits per heavy atom. The van der Waals surface area contributed by atoms with Crippen molar-refractivity contribution in [3.8, 4) is 11.5 Å². The van der Waals surface area contributed by atoms with Crippen LogP contribution in [0, 0.1) is 0 Å². The summed E-state index contributed by atoms with van der Waals surface area (Å²) in [5.74, 6) is 2.48. The molecule has 10 heteroatoms. The first-order chi connectivity index (χ1) is 14.6. The molecular weight excluding hydrogens is 424 g/mol. The summed E-state index contributed by atoms with van der Waals surface area (Å²) in [7, 11) is 3.20. The normalized spacial score (nSPS) is 10.6. The van der Waals surface area contributed by atoms with Crippen LogP contribution in [-0.4, -0.2) is 47.5 Å². The third-order valence-corrected chi connectivity index (χ3v) is 6.27. The fourth-order valence-electron chi connectivity index (χ4n) is 2.71. The molecule has 0 spiro atoms. The largest absolute Gasteiger partial charge is 0.493 e. The summed E-state index contributed by atoms with van der Waals surface area (Å²) in [6.45, 7) is 3.62. The average Bonchev–Trinajstić information content (AvgIpc) is 3.46. The molecule has 0 fully saturated rings. The summed E-state index contributed by atoms with van der Waals surface area (Å²) in [6.07, 6.45) is 1.63. The molecule has 0 bridgehead atoms. The van der Waals surface area contributed by atoms with Crippen molar-refractivity contribution in [2.24, 2.45) is 0 Å². The molecule has 0 saturated carbocycles. The molecule has 0 unspecified atom stereocenters. The number of anilines is 1. The number of aromatic nitrogens is 2. The Hall–Kier alpha value is -2.72. The number of methoxy groups -OCH3 is 2. The van der Waals surface area contributed by atoms with Crippen LogP contribution in [0.2, 0.25) is 0 Å². The molecule has 0 aliphatic rings. The lowest BCUT2D eigenvalue weighted by molar-refractivity contribution is -0.128. The fourth-order valence-corrected chi connectivity index (χ4v) is 4.36. The van der Waals surface area contributed by atoms with Gasteiger partial charge in [0.05, 0.1) is 32.8 Å². The number of ether oxygens (including phenoxy) is 2. The van der Waals surface area contributed by atoms with Gasteiger partial charge in [0.2, 0.25) is 11.0 Å². The number of carbonyl (C=O) groups excluding carboxylic acids is 1. The molecule has 1 N–H and O–H groups in total. The van der Waals surface area contributed by atoms with Crippen molar-refractivity contribution >= 4 is 34.1 Å². The molecule has 0 aliphatic carbocycles. The second-order valence-electron chi connectivity index (χ2n) is 6.19. The highest BCUT2D eigenvalue weighted by Crippen LogP contribution is 2.29. The van der Waals surface area contributed by atoms with E-state index in [0.717, 1.165) is 15.7 Å². The highest BCUT2D eigenvalue weighted by atomic mass is 32.2. The monoisotopic (exact) mass is 448 g/mol. The van der Waals surface area contributed by atoms with Gasteiger partial charge in [0.15, 0.2) is 15.8 Å². The minimum Gasteiger partial charge on any atom is -0.493 e. The molecule has 1 aromatic carbocycles. The van der Waals surface area contributed by atoms with Gasteiger partial charge in [-0.25, -0.2) is 0 Å². The molecule has 30 heavy (non-hydrogen) atoms. The van der Waals surface area contributed by atoms with Crippen molar-refractivity contribution in [1.29, 1.82) is 0 Å². The van der Waals surface area contributed by atoms with Gasteiger partial charge in [-0.2, -0.15) is 0 Å². The van der Waals surface area contributed by atoms with E-state index in [1.54, 1.807) is 25.4 Å². The number of hydrogen-bond acceptors (Lipinski definition) is 9. The molecule has 2 aromatic heterocycles. The molecular formula is C20H24N4O4S2. The van der Waals surface area contributed by atoms with Crippen LogP contribution in [0.1, 0.15) is 18.2 Å². The van der Waals surface area contributed by atoms with Crippen LogP contribution in [0.5, 0.6) is 11.5 Å². The first kappa shape index (κ1) is 22.0. The maximum Gasteiger partial charge on any atom is 0.233 e. The molecule has 0 radical (unpaired) electrons. The molecule has 1 amide bonds. The number of carbonyl (C=O) groups is 1. The average molecular weight is 449 g/mol. The fraction of sp³-hybridized carbons (Fsp3) is 0.350. The van der Waals surface area contributed by atoms with Gasteiger partial charge in [0.1, 0.15) is 5.76 Å². The van der Waals surface area contributed by atoms with Crippen molar-refractivity contribution in [3.05, 3.63) is 47.9 Å². The summed E-state index contributed by atoms with van der Waals surface area (Å²) >= 11 is 2.80. The van der Waals surface area contributed by atoms with E-state index in [9.17, 15) is 4.79 Å². The summed E-state index contributed by atoms with van der Waals surface area (Å²) in [4.78, 5) is 14.5. The van der Waals surface area contributed by atoms with E-state index in [1.807, 2.05) is 37.3 Å². The maximum atomic E-state index is 12.7. The lowest BCUT2D eigenvalue weighted by atomic mass is 10.2. The third-order valence-electron chi connectivity index (χ3n) is 4.28. The van der Waals surface area contributed by atoms with E-state index in [1.165, 1.54) is 23.1 Å². The number of nitrogens with zero attached hydrogens (tertiary/aromatic N) is 3. The van der Waals surface area contributed by atoms with E-state index >= 15 is 0 Å². The Balaban J connectivity index is 1.51. The number of hydrogen-bond donors (Lipinski definition) is 1. The molecule has 8 nitrogen and oxygen atoms in total. The third kappa shape index (κ3) is 5.90. The Morgan fingerprint density at radius 3 is 2.77 bits per heavy atom. The number of thioether (sulfide) groups is 1. The van der Waals surface area contributed by atoms with E-state index in [0.29, 0.717) is 42.0 Å². The number of benzene rings is 1. The lowest BCUT2D eigenvalue weighted by Crippen LogP contribution is -2.31. The predicted molar refractivity (Wildman–Crippen MR) is 117 cm³/mol. The minimum absolute atomic E-state index is 0.0394. The van der Waals surface area contributed by atoms with Gasteiger partial charge in [-0.1, -0.05) is 29.2 Å². The number of rotatable bonds is 11. The molecule has 0 atom stereocenters. The second-order valence-corrected chi connectivity index (χ2v) is 8.39. The Kier molecular flexibility index (Phi) is 7.97. The minimum atomic E-state index is 0.0394. The van der Waals surface area contributed by atoms with Gasteiger partial charge in [0.25, 0.3) is 0 Å². The summed E-state index contributed by atoms with van der Waals surface area (Å²) in [5.41, 5.74) is 0.980. The van der Waals surface area contributed by atoms with E-state index in [-0.39, 0.29) is 5.91 Å². The zero-order chi connectivity index (χ0) is 21.3. The Bertz CT molecular complexity index is 946. The van der Waals surface area contributed by atoms with Crippen LogP contribution >= 0.6 is 23.1 Å². The Morgan fingerprint density at radius 2 is 2.07 bits per heavy atom. The topological polar surface area (TPSA) is 89.7 Å². The summed E-state index contributed by atoms with van der Waals surface area (Å²) in [5, 5.41) is 12.1. The van der Waals surface area contributed by atoms with Gasteiger partial charge in [0, 0.05) is 13.1 Å². The summed E-state index contributed by atoms with van der Waals surface area (Å²) in [6, 6.07) is 9.40. The van der Waals surface area contributed by atoms with Crippen molar-refractivity contribution in [2.75, 3.05) is 31.8 Å². The van der Waals surface area contributed by atoms with E-state index in [4.69, 9.17) is 13.9 Å². The van der Waals surface area contributed by atoms with Crippen LogP contribution in [0.3, 0.4) is 0 Å². The highest BCUT2D eigenvalue weighted by molar-refractivity contribution is 8.01. The van der Waals surface area contributed by atoms with E-state index < -0.39 is 0 Å². The lowest BCUT2D eigenvalue weighted by Gasteiger charge is -2.21. The van der Waals surface area contributed by atoms with Gasteiger partial charge in [-0.3, -0.25) is 4.79 Å². The first-order valence-corrected chi connectivity index (χ1v) is 11.1. The van der Waals surface area contributed by atoms with Crippen molar-refractivity contribution < 1.29 is 18.7 Å². The summed E-state index contributed by atoms with van der Waals surface area (Å²) < 4.78 is 16.6. The quantitative estimate of drug-likeness (QED) is 0.442. The van der Waals surface area contributed by atoms with Gasteiger partial charge < -0.3 is 24.1 Å². The second kappa shape index (κ2) is 10.9. The molecule has 0 saturated heterocycles. The van der Waals surface area contributed by atoms with Crippen molar-refractivity contribution in [2.45, 2.75) is 24.4 Å². The SMILES string of the molecule is CCN(Cc1ccc(OC)c(OC)c1)C(=O)CSc1nnc(NCc2ccco2)s1. The molecule has 3 rings (SSSR count). The molecule has 160 valence electrons. The number of amides is 1. The van der Waals surface area contributed by atoms with Crippen LogP contribution < -0.4 is 14.8 Å². The molecule has 0 aliphatic heterocycles. The first-order valence-electron chi connectivity index (χ1n) is 9.34. The highest BCUT2D eigenvalue weighted by Gasteiger charge is 2.15. The number of nitrogens with one attached hydrogen (secondary N) is 1. The molecule has 3 aromatic rings. The van der Waals surface area contributed by atoms with Gasteiger partial charge in [-0.05, 0) is 36.8 Å². The van der Waals surface area contributed by atoms with Crippen LogP contribution in [0.15, 0.2) is 45.4 Å². The number of furan rings is 1. The van der Waals surface area contributed by atoms with Crippen molar-refractivity contribution in [1.82, 2.24) is 15.1 Å². The predicted octanol–water partition coefficient (Wildman–Crippen LogP) is 3.90. The zero-order valence-electron chi connectivity index (χ0n) is 17.1. The van der Waals surface area contributed by atoms with Crippen LogP contribution in [0.25, 0.3) is 0 Å². The molecule has 2 heterocycles. The standard InChI is InChI=1S/C20H24N4O4S2/c1-4-24(12-14-7-8-16(26-2)17(10-14)27-3)18(25)13-29-20-23-22-19(30-20)21-11-15-6-5-9-28-15/h5-10H,4,11-13H2,1-3H3,(H,21,22). The smallest absolute Gasteiger partial charge is 0.233 e. The maximum absolute atomic E-state index is 12.7. The van der Waals surface area contributed by atoms with Gasteiger partial charge in [-0.15, -0.1) is 10.2 Å². The van der Waals surface area contributed by atoms with Gasteiger partial charge >= 0.3 is 0 Å². The zero-order valence-corrected chi connectivity index (χ0v) is 18.7. The van der Waals surface area contributed by atoms with Crippen LogP contribution in [-0.2, 0) is 17.9 Å².